The molecule has 14 heavy (non-hydrogen) atoms. The minimum Gasteiger partial charge on any atom is -0.447 e. The molecule has 0 unspecified atom stereocenters. The number of imidazole rings is 1. The molecular weight excluding hydrogens is 182 g/mol. The summed E-state index contributed by atoms with van der Waals surface area (Å²) in [5.41, 5.74) is 0.926. The number of rotatable bonds is 4. The quantitative estimate of drug-likeness (QED) is 0.759. The van der Waals surface area contributed by atoms with Gasteiger partial charge in [0.05, 0.1) is 18.1 Å². The standard InChI is InChI=1S/C9H15N3O2/c1-7(2)14-9(13)11-4-3-8-5-10-6-12-8/h5-7H,3-4H2,1-2H3,(H,10,12)(H,11,13). The van der Waals surface area contributed by atoms with Crippen molar-refractivity contribution in [2.75, 3.05) is 6.54 Å². The zero-order valence-electron chi connectivity index (χ0n) is 8.41. The molecule has 5 nitrogen and oxygen atoms in total. The Balaban J connectivity index is 2.12. The minimum absolute atomic E-state index is 0.0830. The summed E-state index contributed by atoms with van der Waals surface area (Å²) in [5.74, 6) is 0. The van der Waals surface area contributed by atoms with E-state index in [1.807, 2.05) is 13.8 Å². The summed E-state index contributed by atoms with van der Waals surface area (Å²) in [6, 6.07) is 0. The van der Waals surface area contributed by atoms with Crippen LogP contribution in [0.25, 0.3) is 0 Å². The first-order chi connectivity index (χ1) is 6.68. The lowest BCUT2D eigenvalue weighted by Gasteiger charge is -2.08. The number of carbonyl (C=O) groups excluding carboxylic acids is 1. The van der Waals surface area contributed by atoms with Gasteiger partial charge in [0.25, 0.3) is 0 Å². The first-order valence-corrected chi connectivity index (χ1v) is 4.60. The molecular formula is C9H15N3O2. The maximum absolute atomic E-state index is 11.0. The lowest BCUT2D eigenvalue weighted by molar-refractivity contribution is 0.116. The van der Waals surface area contributed by atoms with E-state index in [4.69, 9.17) is 4.74 Å². The van der Waals surface area contributed by atoms with Crippen LogP contribution < -0.4 is 5.32 Å². The molecule has 1 heterocycles. The molecule has 2 N–H and O–H groups in total. The molecule has 0 aliphatic heterocycles. The average molecular weight is 197 g/mol. The Hall–Kier alpha value is -1.52. The van der Waals surface area contributed by atoms with Crippen molar-refractivity contribution >= 4 is 6.09 Å². The summed E-state index contributed by atoms with van der Waals surface area (Å²) in [4.78, 5) is 17.9. The van der Waals surface area contributed by atoms with Gasteiger partial charge < -0.3 is 15.0 Å². The number of aromatic amines is 1. The van der Waals surface area contributed by atoms with Crippen LogP contribution in [0.15, 0.2) is 12.5 Å². The van der Waals surface area contributed by atoms with Crippen LogP contribution in [0.5, 0.6) is 0 Å². The van der Waals surface area contributed by atoms with E-state index in [1.165, 1.54) is 0 Å². The molecule has 5 heteroatoms. The second-order valence-corrected chi connectivity index (χ2v) is 3.19. The monoisotopic (exact) mass is 197 g/mol. The molecule has 0 spiro atoms. The molecule has 0 fully saturated rings. The molecule has 1 aromatic heterocycles. The Kier molecular flexibility index (Phi) is 3.97. The first-order valence-electron chi connectivity index (χ1n) is 4.60. The molecule has 1 rings (SSSR count). The minimum atomic E-state index is -0.379. The highest BCUT2D eigenvalue weighted by Gasteiger charge is 2.03. The molecule has 0 atom stereocenters. The molecule has 78 valence electrons. The first kappa shape index (κ1) is 10.6. The summed E-state index contributed by atoms with van der Waals surface area (Å²) in [5, 5.41) is 2.64. The van der Waals surface area contributed by atoms with E-state index < -0.39 is 0 Å². The maximum atomic E-state index is 11.0. The highest BCUT2D eigenvalue weighted by atomic mass is 16.6. The fraction of sp³-hybridized carbons (Fsp3) is 0.556. The summed E-state index contributed by atoms with van der Waals surface area (Å²) in [6.45, 7) is 4.16. The summed E-state index contributed by atoms with van der Waals surface area (Å²) in [7, 11) is 0. The average Bonchev–Trinajstić information content (AvgIpc) is 2.55. The van der Waals surface area contributed by atoms with Gasteiger partial charge in [0.15, 0.2) is 0 Å². The summed E-state index contributed by atoms with van der Waals surface area (Å²) in [6.07, 6.45) is 3.66. The molecule has 0 aromatic carbocycles. The Morgan fingerprint density at radius 2 is 2.50 bits per heavy atom. The fourth-order valence-corrected chi connectivity index (χ4v) is 0.976. The predicted octanol–water partition coefficient (Wildman–Crippen LogP) is 1.09. The van der Waals surface area contributed by atoms with Gasteiger partial charge >= 0.3 is 6.09 Å². The second kappa shape index (κ2) is 5.26. The lowest BCUT2D eigenvalue weighted by Crippen LogP contribution is -2.28. The van der Waals surface area contributed by atoms with Crippen LogP contribution in [0, 0.1) is 0 Å². The van der Waals surface area contributed by atoms with Crippen LogP contribution in [0.2, 0.25) is 0 Å². The largest absolute Gasteiger partial charge is 0.447 e. The van der Waals surface area contributed by atoms with Crippen molar-refractivity contribution in [1.82, 2.24) is 15.3 Å². The maximum Gasteiger partial charge on any atom is 0.407 e. The van der Waals surface area contributed by atoms with Gasteiger partial charge in [0.2, 0.25) is 0 Å². The lowest BCUT2D eigenvalue weighted by atomic mass is 10.3. The number of nitrogens with one attached hydrogen (secondary N) is 2. The number of hydrogen-bond acceptors (Lipinski definition) is 3. The number of H-pyrrole nitrogens is 1. The highest BCUT2D eigenvalue weighted by molar-refractivity contribution is 5.67. The molecule has 1 aromatic rings. The van der Waals surface area contributed by atoms with Gasteiger partial charge in [-0.05, 0) is 13.8 Å². The zero-order valence-corrected chi connectivity index (χ0v) is 8.41. The highest BCUT2D eigenvalue weighted by Crippen LogP contribution is 1.92. The SMILES string of the molecule is CC(C)OC(=O)NCCc1c[nH]cn1. The second-order valence-electron chi connectivity index (χ2n) is 3.19. The van der Waals surface area contributed by atoms with Gasteiger partial charge in [-0.3, -0.25) is 0 Å². The van der Waals surface area contributed by atoms with E-state index in [0.29, 0.717) is 13.0 Å². The molecule has 1 amide bonds. The third-order valence-electron chi connectivity index (χ3n) is 1.55. The number of carbonyl (C=O) groups is 1. The number of hydrogen-bond donors (Lipinski definition) is 2. The number of amides is 1. The Morgan fingerprint density at radius 1 is 1.71 bits per heavy atom. The van der Waals surface area contributed by atoms with Crippen LogP contribution >= 0.6 is 0 Å². The Labute approximate surface area is 82.9 Å². The van der Waals surface area contributed by atoms with E-state index in [2.05, 4.69) is 15.3 Å². The Morgan fingerprint density at radius 3 is 3.07 bits per heavy atom. The summed E-state index contributed by atoms with van der Waals surface area (Å²) < 4.78 is 4.89. The zero-order chi connectivity index (χ0) is 10.4. The van der Waals surface area contributed by atoms with Crippen LogP contribution in [-0.4, -0.2) is 28.7 Å². The van der Waals surface area contributed by atoms with Gasteiger partial charge in [0.1, 0.15) is 0 Å². The van der Waals surface area contributed by atoms with Gasteiger partial charge in [-0.15, -0.1) is 0 Å². The van der Waals surface area contributed by atoms with E-state index in [9.17, 15) is 4.79 Å². The smallest absolute Gasteiger partial charge is 0.407 e. The van der Waals surface area contributed by atoms with Crippen molar-refractivity contribution < 1.29 is 9.53 Å². The number of aromatic nitrogens is 2. The number of nitrogens with zero attached hydrogens (tertiary/aromatic N) is 1. The number of ether oxygens (including phenoxy) is 1. The van der Waals surface area contributed by atoms with Crippen LogP contribution in [-0.2, 0) is 11.2 Å². The van der Waals surface area contributed by atoms with Crippen LogP contribution in [0.1, 0.15) is 19.5 Å². The third kappa shape index (κ3) is 3.93. The fourth-order valence-electron chi connectivity index (χ4n) is 0.976. The van der Waals surface area contributed by atoms with Crippen LogP contribution in [0.3, 0.4) is 0 Å². The van der Waals surface area contributed by atoms with Gasteiger partial charge in [0, 0.05) is 19.2 Å². The van der Waals surface area contributed by atoms with Crippen molar-refractivity contribution in [2.45, 2.75) is 26.4 Å². The molecule has 0 saturated heterocycles. The van der Waals surface area contributed by atoms with Crippen molar-refractivity contribution in [3.8, 4) is 0 Å². The van der Waals surface area contributed by atoms with Gasteiger partial charge in [-0.25, -0.2) is 9.78 Å². The Bertz CT molecular complexity index is 270. The van der Waals surface area contributed by atoms with Crippen molar-refractivity contribution in [1.29, 1.82) is 0 Å². The van der Waals surface area contributed by atoms with Crippen LogP contribution in [0.4, 0.5) is 4.79 Å². The third-order valence-corrected chi connectivity index (χ3v) is 1.55. The van der Waals surface area contributed by atoms with Gasteiger partial charge in [-0.1, -0.05) is 0 Å². The van der Waals surface area contributed by atoms with Crippen molar-refractivity contribution in [2.24, 2.45) is 0 Å². The predicted molar refractivity (Wildman–Crippen MR) is 51.9 cm³/mol. The summed E-state index contributed by atoms with van der Waals surface area (Å²) >= 11 is 0. The molecule has 0 radical (unpaired) electrons. The topological polar surface area (TPSA) is 67.0 Å². The molecule has 0 saturated carbocycles. The normalized spacial score (nSPS) is 10.2. The van der Waals surface area contributed by atoms with E-state index in [0.717, 1.165) is 5.69 Å². The van der Waals surface area contributed by atoms with Crippen molar-refractivity contribution in [3.63, 3.8) is 0 Å². The van der Waals surface area contributed by atoms with E-state index in [1.54, 1.807) is 12.5 Å². The molecule has 0 bridgehead atoms. The van der Waals surface area contributed by atoms with Gasteiger partial charge in [-0.2, -0.15) is 0 Å². The van der Waals surface area contributed by atoms with Crippen molar-refractivity contribution in [3.05, 3.63) is 18.2 Å². The number of alkyl carbamates (subject to hydrolysis) is 1. The molecule has 0 aliphatic carbocycles. The van der Waals surface area contributed by atoms with E-state index in [-0.39, 0.29) is 12.2 Å². The van der Waals surface area contributed by atoms with E-state index >= 15 is 0 Å². The molecule has 0 aliphatic rings.